The van der Waals surface area contributed by atoms with E-state index in [0.29, 0.717) is 17.3 Å². The molecule has 0 atom stereocenters. The zero-order valence-corrected chi connectivity index (χ0v) is 12.4. The Bertz CT molecular complexity index is 808. The van der Waals surface area contributed by atoms with E-state index < -0.39 is 0 Å². The number of methoxy groups -OCH3 is 1. The smallest absolute Gasteiger partial charge is 0.277 e. The van der Waals surface area contributed by atoms with Crippen LogP contribution in [-0.4, -0.2) is 18.0 Å². The summed E-state index contributed by atoms with van der Waals surface area (Å²) in [6.45, 7) is 0. The Balaban J connectivity index is 1.74. The normalized spacial score (nSPS) is 10.3. The maximum Gasteiger partial charge on any atom is 0.277 e. The van der Waals surface area contributed by atoms with E-state index in [4.69, 9.17) is 14.9 Å². The van der Waals surface area contributed by atoms with Crippen molar-refractivity contribution >= 4 is 17.3 Å². The van der Waals surface area contributed by atoms with Crippen LogP contribution in [0.5, 0.6) is 5.75 Å². The minimum atomic E-state index is -0.347. The summed E-state index contributed by atoms with van der Waals surface area (Å²) >= 11 is 0. The Kier molecular flexibility index (Phi) is 3.97. The molecule has 1 aromatic heterocycles. The molecule has 2 aromatic carbocycles. The van der Waals surface area contributed by atoms with E-state index in [1.807, 2.05) is 0 Å². The second-order valence-electron chi connectivity index (χ2n) is 4.84. The van der Waals surface area contributed by atoms with Crippen molar-refractivity contribution in [3.8, 4) is 17.2 Å². The predicted molar refractivity (Wildman–Crippen MR) is 87.3 cm³/mol. The minimum Gasteiger partial charge on any atom is -0.497 e. The van der Waals surface area contributed by atoms with E-state index in [1.165, 1.54) is 6.26 Å². The summed E-state index contributed by atoms with van der Waals surface area (Å²) < 4.78 is 10.4. The number of nitrogen functional groups attached to an aromatic ring is 1. The van der Waals surface area contributed by atoms with Gasteiger partial charge in [0, 0.05) is 16.9 Å². The van der Waals surface area contributed by atoms with Gasteiger partial charge >= 0.3 is 0 Å². The fourth-order valence-corrected chi connectivity index (χ4v) is 2.01. The third kappa shape index (κ3) is 3.32. The van der Waals surface area contributed by atoms with Gasteiger partial charge in [0.05, 0.1) is 7.11 Å². The predicted octanol–water partition coefficient (Wildman–Crippen LogP) is 3.18. The lowest BCUT2D eigenvalue weighted by atomic mass is 10.2. The van der Waals surface area contributed by atoms with Crippen LogP contribution in [0.4, 0.5) is 11.4 Å². The molecule has 1 amide bonds. The number of oxazole rings is 1. The van der Waals surface area contributed by atoms with Gasteiger partial charge in [-0.3, -0.25) is 4.79 Å². The topological polar surface area (TPSA) is 90.4 Å². The molecule has 0 unspecified atom stereocenters. The zero-order valence-electron chi connectivity index (χ0n) is 12.4. The molecular formula is C17H15N3O3. The van der Waals surface area contributed by atoms with E-state index >= 15 is 0 Å². The molecule has 0 bridgehead atoms. The Morgan fingerprint density at radius 1 is 1.13 bits per heavy atom. The molecular weight excluding hydrogens is 294 g/mol. The Morgan fingerprint density at radius 2 is 1.83 bits per heavy atom. The molecule has 0 spiro atoms. The van der Waals surface area contributed by atoms with Crippen molar-refractivity contribution in [3.63, 3.8) is 0 Å². The van der Waals surface area contributed by atoms with Crippen LogP contribution in [0.3, 0.4) is 0 Å². The number of amides is 1. The van der Waals surface area contributed by atoms with Crippen molar-refractivity contribution in [1.29, 1.82) is 0 Å². The molecule has 1 heterocycles. The number of ether oxygens (including phenoxy) is 1. The van der Waals surface area contributed by atoms with E-state index in [1.54, 1.807) is 55.6 Å². The molecule has 6 heteroatoms. The van der Waals surface area contributed by atoms with Crippen molar-refractivity contribution in [2.45, 2.75) is 0 Å². The maximum atomic E-state index is 12.2. The van der Waals surface area contributed by atoms with Gasteiger partial charge in [-0.1, -0.05) is 0 Å². The molecule has 0 saturated heterocycles. The lowest BCUT2D eigenvalue weighted by molar-refractivity contribution is 0.102. The SMILES string of the molecule is COc1ccc(NC(=O)c2coc(-c3ccc(N)cc3)n2)cc1. The fourth-order valence-electron chi connectivity index (χ4n) is 2.01. The number of nitrogens with two attached hydrogens (primary N) is 1. The van der Waals surface area contributed by atoms with Crippen LogP contribution in [0.1, 0.15) is 10.5 Å². The van der Waals surface area contributed by atoms with Crippen molar-refractivity contribution in [3.05, 3.63) is 60.5 Å². The first-order chi connectivity index (χ1) is 11.2. The molecule has 0 fully saturated rings. The van der Waals surface area contributed by atoms with Gasteiger partial charge < -0.3 is 20.2 Å². The van der Waals surface area contributed by atoms with Crippen LogP contribution in [0.25, 0.3) is 11.5 Å². The highest BCUT2D eigenvalue weighted by Crippen LogP contribution is 2.21. The third-order valence-corrected chi connectivity index (χ3v) is 3.24. The van der Waals surface area contributed by atoms with Crippen molar-refractivity contribution in [1.82, 2.24) is 4.98 Å². The van der Waals surface area contributed by atoms with Gasteiger partial charge in [-0.2, -0.15) is 0 Å². The number of nitrogens with zero attached hydrogens (tertiary/aromatic N) is 1. The summed E-state index contributed by atoms with van der Waals surface area (Å²) in [6.07, 6.45) is 1.32. The van der Waals surface area contributed by atoms with Crippen LogP contribution in [0, 0.1) is 0 Å². The lowest BCUT2D eigenvalue weighted by Crippen LogP contribution is -2.12. The van der Waals surface area contributed by atoms with Crippen molar-refractivity contribution in [2.24, 2.45) is 0 Å². The minimum absolute atomic E-state index is 0.202. The lowest BCUT2D eigenvalue weighted by Gasteiger charge is -2.04. The Labute approximate surface area is 132 Å². The van der Waals surface area contributed by atoms with E-state index in [0.717, 1.165) is 11.3 Å². The number of anilines is 2. The molecule has 0 radical (unpaired) electrons. The molecule has 23 heavy (non-hydrogen) atoms. The van der Waals surface area contributed by atoms with Crippen LogP contribution in [0.2, 0.25) is 0 Å². The van der Waals surface area contributed by atoms with Crippen LogP contribution < -0.4 is 15.8 Å². The molecule has 0 aliphatic carbocycles. The van der Waals surface area contributed by atoms with Gasteiger partial charge in [0.15, 0.2) is 5.69 Å². The number of benzene rings is 2. The molecule has 0 aliphatic rings. The van der Waals surface area contributed by atoms with Crippen molar-refractivity contribution < 1.29 is 13.9 Å². The van der Waals surface area contributed by atoms with Crippen molar-refractivity contribution in [2.75, 3.05) is 18.2 Å². The highest BCUT2D eigenvalue weighted by atomic mass is 16.5. The number of hydrogen-bond donors (Lipinski definition) is 2. The maximum absolute atomic E-state index is 12.2. The second-order valence-corrected chi connectivity index (χ2v) is 4.84. The molecule has 3 rings (SSSR count). The monoisotopic (exact) mass is 309 g/mol. The quantitative estimate of drug-likeness (QED) is 0.722. The van der Waals surface area contributed by atoms with E-state index in [2.05, 4.69) is 10.3 Å². The zero-order chi connectivity index (χ0) is 16.2. The first-order valence-corrected chi connectivity index (χ1v) is 6.92. The standard InChI is InChI=1S/C17H15N3O3/c1-22-14-8-6-13(7-9-14)19-16(21)15-10-23-17(20-15)11-2-4-12(18)5-3-11/h2-10H,18H2,1H3,(H,19,21). The van der Waals surface area contributed by atoms with Crippen LogP contribution in [0.15, 0.2) is 59.2 Å². The number of aromatic nitrogens is 1. The molecule has 0 saturated carbocycles. The van der Waals surface area contributed by atoms with E-state index in [-0.39, 0.29) is 11.6 Å². The molecule has 3 aromatic rings. The largest absolute Gasteiger partial charge is 0.497 e. The molecule has 3 N–H and O–H groups in total. The summed E-state index contributed by atoms with van der Waals surface area (Å²) in [5, 5.41) is 2.75. The van der Waals surface area contributed by atoms with Gasteiger partial charge in [0.2, 0.25) is 5.89 Å². The molecule has 0 aliphatic heterocycles. The Hall–Kier alpha value is -3.28. The van der Waals surface area contributed by atoms with Gasteiger partial charge in [0.25, 0.3) is 5.91 Å². The molecule has 6 nitrogen and oxygen atoms in total. The third-order valence-electron chi connectivity index (χ3n) is 3.24. The average Bonchev–Trinajstić information content (AvgIpc) is 3.06. The number of rotatable bonds is 4. The fraction of sp³-hybridized carbons (Fsp3) is 0.0588. The number of carbonyl (C=O) groups excluding carboxylic acids is 1. The molecule has 116 valence electrons. The van der Waals surface area contributed by atoms with Gasteiger partial charge in [-0.25, -0.2) is 4.98 Å². The van der Waals surface area contributed by atoms with Gasteiger partial charge in [0.1, 0.15) is 12.0 Å². The highest BCUT2D eigenvalue weighted by molar-refractivity contribution is 6.02. The summed E-state index contributed by atoms with van der Waals surface area (Å²) in [4.78, 5) is 16.4. The summed E-state index contributed by atoms with van der Waals surface area (Å²) in [5.41, 5.74) is 7.89. The number of carbonyl (C=O) groups is 1. The first kappa shape index (κ1) is 14.6. The van der Waals surface area contributed by atoms with Crippen LogP contribution >= 0.6 is 0 Å². The average molecular weight is 309 g/mol. The summed E-state index contributed by atoms with van der Waals surface area (Å²) in [6, 6.07) is 14.1. The second kappa shape index (κ2) is 6.23. The number of nitrogens with one attached hydrogen (secondary N) is 1. The Morgan fingerprint density at radius 3 is 2.48 bits per heavy atom. The summed E-state index contributed by atoms with van der Waals surface area (Å²) in [5.74, 6) is 0.737. The van der Waals surface area contributed by atoms with Crippen LogP contribution in [-0.2, 0) is 0 Å². The number of hydrogen-bond acceptors (Lipinski definition) is 5. The van der Waals surface area contributed by atoms with Gasteiger partial charge in [-0.05, 0) is 48.5 Å². The first-order valence-electron chi connectivity index (χ1n) is 6.92. The van der Waals surface area contributed by atoms with E-state index in [9.17, 15) is 4.79 Å². The summed E-state index contributed by atoms with van der Waals surface area (Å²) in [7, 11) is 1.59. The van der Waals surface area contributed by atoms with Gasteiger partial charge in [-0.15, -0.1) is 0 Å². The highest BCUT2D eigenvalue weighted by Gasteiger charge is 2.13.